The molecule has 0 aliphatic heterocycles. The predicted molar refractivity (Wildman–Crippen MR) is 173 cm³/mol. The summed E-state index contributed by atoms with van der Waals surface area (Å²) in [5.74, 6) is -1.54. The number of amides is 1. The highest BCUT2D eigenvalue weighted by molar-refractivity contribution is 7.90. The van der Waals surface area contributed by atoms with Gasteiger partial charge in [-0.3, -0.25) is 9.78 Å². The Balaban J connectivity index is 1.70. The standard InChI is InChI=1S/C36H20F3N5O3S/c1-20-13-24(36(45)43-46)7-11-29(20)22-3-2-4-23(14-22)34-33(32-25(16-40)18-42-19-26(32)17-41)30-15-27(37)8-12-31(30)44(34)48(47)28-9-5-21(6-10-28)35(38)39/h2-15,18-19,35H,1H3. The van der Waals surface area contributed by atoms with E-state index in [-0.39, 0.29) is 54.9 Å². The molecule has 1 unspecified atom stereocenters. The van der Waals surface area contributed by atoms with E-state index in [4.69, 9.17) is 0 Å². The van der Waals surface area contributed by atoms with Gasteiger partial charge in [0.1, 0.15) is 35.0 Å². The maximum Gasteiger partial charge on any atom is 0.316 e. The molecule has 4 aromatic carbocycles. The molecule has 0 aliphatic carbocycles. The molecule has 234 valence electrons. The van der Waals surface area contributed by atoms with Crippen molar-refractivity contribution in [2.24, 2.45) is 5.18 Å². The van der Waals surface area contributed by atoms with Crippen molar-refractivity contribution in [1.29, 1.82) is 10.5 Å². The number of fused-ring (bicyclic) bond motifs is 1. The number of hydrogen-bond acceptors (Lipinski definition) is 6. The maximum absolute atomic E-state index is 15.0. The molecule has 8 nitrogen and oxygen atoms in total. The molecule has 0 spiro atoms. The number of aromatic nitrogens is 2. The highest BCUT2D eigenvalue weighted by Gasteiger charge is 2.31. The van der Waals surface area contributed by atoms with E-state index in [0.717, 1.165) is 0 Å². The van der Waals surface area contributed by atoms with Crippen LogP contribution in [0.25, 0.3) is 44.4 Å². The lowest BCUT2D eigenvalue weighted by Gasteiger charge is -2.17. The van der Waals surface area contributed by atoms with Crippen molar-refractivity contribution >= 4 is 28.2 Å². The van der Waals surface area contributed by atoms with Gasteiger partial charge in [-0.05, 0) is 84.3 Å². The molecular weight excluding hydrogens is 639 g/mol. The van der Waals surface area contributed by atoms with Crippen LogP contribution in [0.3, 0.4) is 0 Å². The number of nitrogens with zero attached hydrogens (tertiary/aromatic N) is 5. The number of carbonyl (C=O) groups is 1. The van der Waals surface area contributed by atoms with E-state index in [1.165, 1.54) is 71.0 Å². The van der Waals surface area contributed by atoms with Crippen LogP contribution in [0, 0.1) is 40.3 Å². The van der Waals surface area contributed by atoms with Crippen LogP contribution >= 0.6 is 0 Å². The summed E-state index contributed by atoms with van der Waals surface area (Å²) >= 11 is -2.11. The van der Waals surface area contributed by atoms with Crippen LogP contribution in [0.1, 0.15) is 39.0 Å². The van der Waals surface area contributed by atoms with Gasteiger partial charge in [-0.15, -0.1) is 4.91 Å². The van der Waals surface area contributed by atoms with Crippen LogP contribution in [-0.2, 0) is 11.4 Å². The number of benzene rings is 4. The second-order valence-electron chi connectivity index (χ2n) is 10.6. The number of nitroso groups, excluding NO2 is 1. The summed E-state index contributed by atoms with van der Waals surface area (Å²) in [4.78, 5) is 26.9. The first-order valence-electron chi connectivity index (χ1n) is 14.2. The second-order valence-corrected chi connectivity index (χ2v) is 12.0. The van der Waals surface area contributed by atoms with Crippen LogP contribution < -0.4 is 0 Å². The molecule has 1 atom stereocenters. The largest absolute Gasteiger partial charge is 0.587 e. The molecule has 0 bridgehead atoms. The number of rotatable bonds is 7. The Morgan fingerprint density at radius 3 is 2.23 bits per heavy atom. The Morgan fingerprint density at radius 1 is 0.917 bits per heavy atom. The average molecular weight is 660 g/mol. The molecule has 0 aliphatic rings. The fourth-order valence-electron chi connectivity index (χ4n) is 5.66. The van der Waals surface area contributed by atoms with Crippen LogP contribution in [0.4, 0.5) is 13.2 Å². The van der Waals surface area contributed by atoms with E-state index >= 15 is 0 Å². The van der Waals surface area contributed by atoms with Gasteiger partial charge in [-0.1, -0.05) is 24.3 Å². The summed E-state index contributed by atoms with van der Waals surface area (Å²) in [6.07, 6.45) is -0.183. The molecule has 2 heterocycles. The molecule has 1 amide bonds. The third-order valence-corrected chi connectivity index (χ3v) is 9.21. The van der Waals surface area contributed by atoms with Gasteiger partial charge < -0.3 is 4.55 Å². The summed E-state index contributed by atoms with van der Waals surface area (Å²) in [5, 5.41) is 22.9. The van der Waals surface area contributed by atoms with Crippen molar-refractivity contribution in [2.45, 2.75) is 18.2 Å². The van der Waals surface area contributed by atoms with Gasteiger partial charge >= 0.3 is 5.91 Å². The third kappa shape index (κ3) is 5.60. The summed E-state index contributed by atoms with van der Waals surface area (Å²) in [6, 6.07) is 24.6. The van der Waals surface area contributed by atoms with Crippen LogP contribution in [0.2, 0.25) is 0 Å². The minimum atomic E-state index is -2.74. The lowest BCUT2D eigenvalue weighted by molar-refractivity contribution is 0.100. The van der Waals surface area contributed by atoms with Gasteiger partial charge in [0.15, 0.2) is 4.90 Å². The van der Waals surface area contributed by atoms with Crippen LogP contribution in [0.15, 0.2) is 107 Å². The Labute approximate surface area is 274 Å². The highest BCUT2D eigenvalue weighted by Crippen LogP contribution is 2.46. The first-order valence-corrected chi connectivity index (χ1v) is 15.3. The summed E-state index contributed by atoms with van der Waals surface area (Å²) in [7, 11) is 0. The van der Waals surface area contributed by atoms with E-state index in [2.05, 4.69) is 22.3 Å². The molecule has 0 N–H and O–H groups in total. The Morgan fingerprint density at radius 2 is 1.60 bits per heavy atom. The molecule has 6 rings (SSSR count). The first kappa shape index (κ1) is 31.9. The maximum atomic E-state index is 15.0. The average Bonchev–Trinajstić information content (AvgIpc) is 3.44. The van der Waals surface area contributed by atoms with Crippen molar-refractivity contribution in [3.63, 3.8) is 0 Å². The smallest absolute Gasteiger partial charge is 0.316 e. The van der Waals surface area contributed by atoms with Gasteiger partial charge in [0.2, 0.25) is 0 Å². The van der Waals surface area contributed by atoms with Crippen molar-refractivity contribution in [1.82, 2.24) is 8.96 Å². The number of hydrogen-bond donors (Lipinski definition) is 0. The quantitative estimate of drug-likeness (QED) is 0.124. The number of halogens is 3. The Hall–Kier alpha value is -6.08. The molecule has 48 heavy (non-hydrogen) atoms. The Bertz CT molecular complexity index is 2310. The monoisotopic (exact) mass is 659 g/mol. The summed E-state index contributed by atoms with van der Waals surface area (Å²) < 4.78 is 57.6. The molecule has 12 heteroatoms. The molecule has 0 saturated heterocycles. The van der Waals surface area contributed by atoms with E-state index in [0.29, 0.717) is 22.3 Å². The molecular formula is C36H20F3N5O3S. The molecule has 2 aromatic heterocycles. The van der Waals surface area contributed by atoms with Gasteiger partial charge in [-0.2, -0.15) is 14.5 Å². The molecule has 0 saturated carbocycles. The number of carbonyl (C=O) groups excluding carboxylic acids is 1. The van der Waals surface area contributed by atoms with Crippen molar-refractivity contribution in [2.75, 3.05) is 0 Å². The second kappa shape index (κ2) is 13.0. The van der Waals surface area contributed by atoms with Crippen molar-refractivity contribution in [3.05, 3.63) is 136 Å². The van der Waals surface area contributed by atoms with Crippen LogP contribution in [0.5, 0.6) is 0 Å². The first-order chi connectivity index (χ1) is 23.2. The Kier molecular flexibility index (Phi) is 8.61. The number of aryl methyl sites for hydroxylation is 1. The van der Waals surface area contributed by atoms with Gasteiger partial charge in [0.05, 0.1) is 16.6 Å². The van der Waals surface area contributed by atoms with Crippen molar-refractivity contribution in [3.8, 4) is 45.6 Å². The van der Waals surface area contributed by atoms with E-state index < -0.39 is 29.5 Å². The normalized spacial score (nSPS) is 11.7. The SMILES string of the molecule is Cc1cc(C(=O)N=O)ccc1-c1cccc(-c2c(-c3c(C#N)cncc3C#N)c3cc(F)ccc3n2[S+]([O-])c2ccc(C(F)F)cc2)c1. The topological polar surface area (TPSA) is 135 Å². The summed E-state index contributed by atoms with van der Waals surface area (Å²) in [5.41, 5.74) is 3.27. The lowest BCUT2D eigenvalue weighted by atomic mass is 9.91. The van der Waals surface area contributed by atoms with E-state index in [1.54, 1.807) is 37.3 Å². The predicted octanol–water partition coefficient (Wildman–Crippen LogP) is 8.64. The zero-order valence-corrected chi connectivity index (χ0v) is 25.6. The summed E-state index contributed by atoms with van der Waals surface area (Å²) in [6.45, 7) is 1.75. The third-order valence-electron chi connectivity index (χ3n) is 7.83. The van der Waals surface area contributed by atoms with E-state index in [9.17, 15) is 37.9 Å². The zero-order chi connectivity index (χ0) is 34.1. The minimum absolute atomic E-state index is 0.0155. The highest BCUT2D eigenvalue weighted by atomic mass is 32.2. The van der Waals surface area contributed by atoms with E-state index in [1.807, 2.05) is 0 Å². The fourth-order valence-corrected chi connectivity index (χ4v) is 6.94. The number of pyridine rings is 1. The van der Waals surface area contributed by atoms with Gasteiger partial charge in [0, 0.05) is 50.8 Å². The molecule has 0 fully saturated rings. The molecule has 6 aromatic rings. The fraction of sp³-hybridized carbons (Fsp3) is 0.0556. The minimum Gasteiger partial charge on any atom is -0.587 e. The molecule has 0 radical (unpaired) electrons. The zero-order valence-electron chi connectivity index (χ0n) is 24.8. The lowest BCUT2D eigenvalue weighted by Crippen LogP contribution is -2.14. The number of alkyl halides is 2. The van der Waals surface area contributed by atoms with Gasteiger partial charge in [0.25, 0.3) is 6.43 Å². The number of nitriles is 2. The van der Waals surface area contributed by atoms with Gasteiger partial charge in [-0.25, -0.2) is 13.2 Å². The van der Waals surface area contributed by atoms with Crippen LogP contribution in [-0.4, -0.2) is 19.4 Å². The van der Waals surface area contributed by atoms with Crippen molar-refractivity contribution < 1.29 is 22.5 Å².